The molecule has 1 aromatic rings. The SMILES string of the molecule is CCCNC(CSCc1ccccc1)(C(N)=O)C1CC1. The average Bonchev–Trinajstić information content (AvgIpc) is 3.28. The predicted molar refractivity (Wildman–Crippen MR) is 85.5 cm³/mol. The lowest BCUT2D eigenvalue weighted by molar-refractivity contribution is -0.124. The Bertz CT molecular complexity index is 433. The lowest BCUT2D eigenvalue weighted by Crippen LogP contribution is -2.59. The molecular formula is C16H24N2OS. The Morgan fingerprint density at radius 2 is 2.10 bits per heavy atom. The highest BCUT2D eigenvalue weighted by Gasteiger charge is 2.49. The van der Waals surface area contributed by atoms with Crippen LogP contribution >= 0.6 is 11.8 Å². The number of nitrogens with two attached hydrogens (primary N) is 1. The summed E-state index contributed by atoms with van der Waals surface area (Å²) in [6.07, 6.45) is 3.25. The van der Waals surface area contributed by atoms with Gasteiger partial charge in [0.15, 0.2) is 0 Å². The first-order valence-corrected chi connectivity index (χ1v) is 8.51. The molecule has 1 amide bonds. The minimum atomic E-state index is -0.505. The van der Waals surface area contributed by atoms with E-state index >= 15 is 0 Å². The van der Waals surface area contributed by atoms with Gasteiger partial charge in [-0.05, 0) is 37.3 Å². The first kappa shape index (κ1) is 15.4. The van der Waals surface area contributed by atoms with Gasteiger partial charge in [0.05, 0.1) is 0 Å². The number of benzene rings is 1. The molecule has 1 saturated carbocycles. The van der Waals surface area contributed by atoms with Crippen LogP contribution in [0.3, 0.4) is 0 Å². The molecule has 4 heteroatoms. The highest BCUT2D eigenvalue weighted by atomic mass is 32.2. The number of hydrogen-bond acceptors (Lipinski definition) is 3. The van der Waals surface area contributed by atoms with Crippen molar-refractivity contribution in [2.45, 2.75) is 37.5 Å². The van der Waals surface area contributed by atoms with Crippen molar-refractivity contribution in [2.75, 3.05) is 12.3 Å². The molecule has 110 valence electrons. The molecule has 1 aromatic carbocycles. The molecule has 1 aliphatic rings. The fourth-order valence-corrected chi connectivity index (χ4v) is 3.83. The van der Waals surface area contributed by atoms with Gasteiger partial charge >= 0.3 is 0 Å². The Morgan fingerprint density at radius 3 is 2.65 bits per heavy atom. The van der Waals surface area contributed by atoms with Crippen molar-refractivity contribution in [2.24, 2.45) is 11.7 Å². The van der Waals surface area contributed by atoms with Crippen molar-refractivity contribution in [3.63, 3.8) is 0 Å². The molecule has 1 unspecified atom stereocenters. The topological polar surface area (TPSA) is 55.1 Å². The molecule has 2 rings (SSSR count). The summed E-state index contributed by atoms with van der Waals surface area (Å²) >= 11 is 1.80. The van der Waals surface area contributed by atoms with Crippen LogP contribution in [0.1, 0.15) is 31.7 Å². The molecule has 1 fully saturated rings. The van der Waals surface area contributed by atoms with Crippen molar-refractivity contribution in [3.8, 4) is 0 Å². The van der Waals surface area contributed by atoms with Crippen LogP contribution < -0.4 is 11.1 Å². The average molecular weight is 292 g/mol. The summed E-state index contributed by atoms with van der Waals surface area (Å²) in [6.45, 7) is 2.97. The summed E-state index contributed by atoms with van der Waals surface area (Å²) in [5.41, 5.74) is 6.51. The van der Waals surface area contributed by atoms with Gasteiger partial charge in [-0.15, -0.1) is 0 Å². The van der Waals surface area contributed by atoms with Gasteiger partial charge in [-0.2, -0.15) is 11.8 Å². The normalized spacial score (nSPS) is 17.6. The van der Waals surface area contributed by atoms with E-state index in [2.05, 4.69) is 24.4 Å². The smallest absolute Gasteiger partial charge is 0.238 e. The fraction of sp³-hybridized carbons (Fsp3) is 0.562. The summed E-state index contributed by atoms with van der Waals surface area (Å²) in [4.78, 5) is 12.0. The van der Waals surface area contributed by atoms with Crippen molar-refractivity contribution in [1.29, 1.82) is 0 Å². The quantitative estimate of drug-likeness (QED) is 0.735. The maximum Gasteiger partial charge on any atom is 0.238 e. The number of nitrogens with one attached hydrogen (secondary N) is 1. The largest absolute Gasteiger partial charge is 0.368 e. The van der Waals surface area contributed by atoms with Gasteiger partial charge in [-0.25, -0.2) is 0 Å². The van der Waals surface area contributed by atoms with Gasteiger partial charge in [0.25, 0.3) is 0 Å². The van der Waals surface area contributed by atoms with Crippen molar-refractivity contribution < 1.29 is 4.79 Å². The van der Waals surface area contributed by atoms with Gasteiger partial charge in [-0.3, -0.25) is 4.79 Å². The second kappa shape index (κ2) is 7.14. The van der Waals surface area contributed by atoms with Gasteiger partial charge in [0.1, 0.15) is 5.54 Å². The van der Waals surface area contributed by atoms with Crippen LogP contribution in [0.2, 0.25) is 0 Å². The highest BCUT2D eigenvalue weighted by molar-refractivity contribution is 7.98. The van der Waals surface area contributed by atoms with Crippen LogP contribution in [0.25, 0.3) is 0 Å². The van der Waals surface area contributed by atoms with E-state index in [1.165, 1.54) is 5.56 Å². The Labute approximate surface area is 125 Å². The minimum Gasteiger partial charge on any atom is -0.368 e. The third-order valence-corrected chi connectivity index (χ3v) is 5.04. The molecule has 20 heavy (non-hydrogen) atoms. The van der Waals surface area contributed by atoms with E-state index in [-0.39, 0.29) is 5.91 Å². The van der Waals surface area contributed by atoms with Gasteiger partial charge in [0, 0.05) is 11.5 Å². The van der Waals surface area contributed by atoms with Crippen LogP contribution in [0.5, 0.6) is 0 Å². The van der Waals surface area contributed by atoms with E-state index in [0.29, 0.717) is 5.92 Å². The summed E-state index contributed by atoms with van der Waals surface area (Å²) in [6, 6.07) is 10.4. The second-order valence-corrected chi connectivity index (χ2v) is 6.50. The summed E-state index contributed by atoms with van der Waals surface area (Å²) in [5.74, 6) is 1.93. The third kappa shape index (κ3) is 3.76. The van der Waals surface area contributed by atoms with Gasteiger partial charge in [0.2, 0.25) is 5.91 Å². The molecule has 0 spiro atoms. The zero-order valence-corrected chi connectivity index (χ0v) is 12.9. The molecule has 0 saturated heterocycles. The Hall–Kier alpha value is -1.00. The number of rotatable bonds is 9. The lowest BCUT2D eigenvalue weighted by Gasteiger charge is -2.32. The monoisotopic (exact) mass is 292 g/mol. The number of thioether (sulfide) groups is 1. The summed E-state index contributed by atoms with van der Waals surface area (Å²) in [7, 11) is 0. The van der Waals surface area contributed by atoms with E-state index in [0.717, 1.165) is 37.3 Å². The zero-order valence-electron chi connectivity index (χ0n) is 12.1. The molecular weight excluding hydrogens is 268 g/mol. The number of carbonyl (C=O) groups excluding carboxylic acids is 1. The standard InChI is InChI=1S/C16H24N2OS/c1-2-10-18-16(15(17)19,14-8-9-14)12-20-11-13-6-4-3-5-7-13/h3-7,14,18H,2,8-12H2,1H3,(H2,17,19). The van der Waals surface area contributed by atoms with Crippen molar-refractivity contribution in [1.82, 2.24) is 5.32 Å². The number of hydrogen-bond donors (Lipinski definition) is 2. The van der Waals surface area contributed by atoms with E-state index < -0.39 is 5.54 Å². The fourth-order valence-electron chi connectivity index (χ4n) is 2.50. The summed E-state index contributed by atoms with van der Waals surface area (Å²) in [5, 5.41) is 3.44. The first-order valence-electron chi connectivity index (χ1n) is 7.35. The maximum atomic E-state index is 12.0. The molecule has 3 N–H and O–H groups in total. The summed E-state index contributed by atoms with van der Waals surface area (Å²) < 4.78 is 0. The third-order valence-electron chi connectivity index (χ3n) is 3.85. The van der Waals surface area contributed by atoms with E-state index in [4.69, 9.17) is 5.73 Å². The Balaban J connectivity index is 1.95. The van der Waals surface area contributed by atoms with Crippen LogP contribution in [0.4, 0.5) is 0 Å². The van der Waals surface area contributed by atoms with E-state index in [1.54, 1.807) is 11.8 Å². The van der Waals surface area contributed by atoms with Crippen LogP contribution in [-0.2, 0) is 10.5 Å². The van der Waals surface area contributed by atoms with Crippen molar-refractivity contribution in [3.05, 3.63) is 35.9 Å². The predicted octanol–water partition coefficient (Wildman–Crippen LogP) is 2.55. The van der Waals surface area contributed by atoms with Crippen LogP contribution in [-0.4, -0.2) is 23.7 Å². The Kier molecular flexibility index (Phi) is 5.49. The molecule has 0 radical (unpaired) electrons. The lowest BCUT2D eigenvalue weighted by atomic mass is 9.94. The number of primary amides is 1. The molecule has 0 aromatic heterocycles. The Morgan fingerprint density at radius 1 is 1.40 bits per heavy atom. The van der Waals surface area contributed by atoms with Crippen LogP contribution in [0.15, 0.2) is 30.3 Å². The zero-order chi connectivity index (χ0) is 14.4. The minimum absolute atomic E-state index is 0.186. The van der Waals surface area contributed by atoms with Gasteiger partial charge < -0.3 is 11.1 Å². The van der Waals surface area contributed by atoms with Crippen LogP contribution in [0, 0.1) is 5.92 Å². The molecule has 1 atom stereocenters. The molecule has 0 aliphatic heterocycles. The number of amides is 1. The molecule has 3 nitrogen and oxygen atoms in total. The molecule has 0 bridgehead atoms. The van der Waals surface area contributed by atoms with E-state index in [1.807, 2.05) is 18.2 Å². The molecule has 0 heterocycles. The second-order valence-electron chi connectivity index (χ2n) is 5.52. The number of carbonyl (C=O) groups is 1. The molecule has 1 aliphatic carbocycles. The highest BCUT2D eigenvalue weighted by Crippen LogP contribution is 2.41. The first-order chi connectivity index (χ1) is 9.69. The van der Waals surface area contributed by atoms with E-state index in [9.17, 15) is 4.79 Å². The maximum absolute atomic E-state index is 12.0. The van der Waals surface area contributed by atoms with Gasteiger partial charge in [-0.1, -0.05) is 37.3 Å². The van der Waals surface area contributed by atoms with Crippen molar-refractivity contribution >= 4 is 17.7 Å².